The maximum atomic E-state index is 5.41. The molecule has 0 aromatic heterocycles. The van der Waals surface area contributed by atoms with Gasteiger partial charge in [0.05, 0.1) is 5.71 Å². The Labute approximate surface area is 82.4 Å². The molecule has 1 unspecified atom stereocenters. The molecule has 0 amide bonds. The summed E-state index contributed by atoms with van der Waals surface area (Å²) in [7, 11) is 0. The summed E-state index contributed by atoms with van der Waals surface area (Å²) in [5.41, 5.74) is 1.16. The van der Waals surface area contributed by atoms with Crippen LogP contribution in [0.5, 0.6) is 0 Å². The fourth-order valence-corrected chi connectivity index (χ4v) is 1.13. The van der Waals surface area contributed by atoms with Crippen LogP contribution in [-0.2, 0) is 4.84 Å². The van der Waals surface area contributed by atoms with Gasteiger partial charge in [0, 0.05) is 11.8 Å². The fraction of sp³-hybridized carbons (Fsp3) is 0.909. The van der Waals surface area contributed by atoms with E-state index < -0.39 is 0 Å². The minimum Gasteiger partial charge on any atom is -0.389 e. The molecule has 0 saturated carbocycles. The third-order valence-electron chi connectivity index (χ3n) is 2.58. The van der Waals surface area contributed by atoms with Gasteiger partial charge in [0.1, 0.15) is 5.60 Å². The first kappa shape index (κ1) is 12.5. The van der Waals surface area contributed by atoms with E-state index >= 15 is 0 Å². The van der Waals surface area contributed by atoms with Crippen molar-refractivity contribution in [2.45, 2.75) is 60.5 Å². The van der Waals surface area contributed by atoms with Gasteiger partial charge in [-0.1, -0.05) is 39.8 Å². The van der Waals surface area contributed by atoms with E-state index in [9.17, 15) is 0 Å². The quantitative estimate of drug-likeness (QED) is 0.565. The molecule has 0 radical (unpaired) electrons. The minimum absolute atomic E-state index is 0.100. The van der Waals surface area contributed by atoms with Gasteiger partial charge in [-0.25, -0.2) is 0 Å². The summed E-state index contributed by atoms with van der Waals surface area (Å²) >= 11 is 0. The summed E-state index contributed by atoms with van der Waals surface area (Å²) in [6, 6.07) is 0. The second-order valence-corrected chi connectivity index (χ2v) is 4.58. The monoisotopic (exact) mass is 185 g/mol. The molecule has 0 spiro atoms. The van der Waals surface area contributed by atoms with Crippen LogP contribution in [0.15, 0.2) is 5.16 Å². The Kier molecular flexibility index (Phi) is 3.95. The lowest BCUT2D eigenvalue weighted by Gasteiger charge is -2.35. The van der Waals surface area contributed by atoms with Gasteiger partial charge in [0.2, 0.25) is 0 Å². The first-order chi connectivity index (χ1) is 5.85. The summed E-state index contributed by atoms with van der Waals surface area (Å²) in [5, 5.41) is 3.97. The molecule has 0 aromatic carbocycles. The first-order valence-electron chi connectivity index (χ1n) is 5.07. The third-order valence-corrected chi connectivity index (χ3v) is 2.58. The molecule has 0 N–H and O–H groups in total. The molecule has 0 aromatic rings. The summed E-state index contributed by atoms with van der Waals surface area (Å²) in [5.74, 6) is 0. The van der Waals surface area contributed by atoms with Gasteiger partial charge in [0.25, 0.3) is 0 Å². The van der Waals surface area contributed by atoms with Crippen LogP contribution in [0.25, 0.3) is 0 Å². The Bertz CT molecular complexity index is 191. The first-order valence-corrected chi connectivity index (χ1v) is 5.07. The smallest absolute Gasteiger partial charge is 0.145 e. The Balaban J connectivity index is 0.000000671. The highest BCUT2D eigenvalue weighted by Crippen LogP contribution is 2.39. The van der Waals surface area contributed by atoms with Crippen molar-refractivity contribution in [3.05, 3.63) is 0 Å². The molecule has 0 bridgehead atoms. The lowest BCUT2D eigenvalue weighted by Crippen LogP contribution is -2.39. The third kappa shape index (κ3) is 2.71. The molecule has 2 heteroatoms. The molecule has 0 aliphatic carbocycles. The van der Waals surface area contributed by atoms with E-state index in [-0.39, 0.29) is 11.0 Å². The van der Waals surface area contributed by atoms with Gasteiger partial charge in [0.15, 0.2) is 0 Å². The van der Waals surface area contributed by atoms with Crippen LogP contribution in [0.2, 0.25) is 0 Å². The van der Waals surface area contributed by atoms with Crippen LogP contribution in [-0.4, -0.2) is 11.3 Å². The van der Waals surface area contributed by atoms with E-state index in [1.54, 1.807) is 0 Å². The highest BCUT2D eigenvalue weighted by Gasteiger charge is 2.43. The fourth-order valence-electron chi connectivity index (χ4n) is 1.13. The van der Waals surface area contributed by atoms with Crippen molar-refractivity contribution in [1.29, 1.82) is 0 Å². The van der Waals surface area contributed by atoms with Crippen molar-refractivity contribution in [3.63, 3.8) is 0 Å². The van der Waals surface area contributed by atoms with E-state index in [1.165, 1.54) is 0 Å². The van der Waals surface area contributed by atoms with Crippen molar-refractivity contribution in [2.24, 2.45) is 10.6 Å². The average Bonchev–Trinajstić information content (AvgIpc) is 2.35. The summed E-state index contributed by atoms with van der Waals surface area (Å²) in [4.78, 5) is 5.41. The van der Waals surface area contributed by atoms with Crippen LogP contribution in [0, 0.1) is 5.41 Å². The van der Waals surface area contributed by atoms with Crippen molar-refractivity contribution in [3.8, 4) is 0 Å². The van der Waals surface area contributed by atoms with E-state index in [0.717, 1.165) is 12.1 Å². The molecule has 0 fully saturated rings. The summed E-state index contributed by atoms with van der Waals surface area (Å²) < 4.78 is 0. The SMILES string of the molecule is CC.CC1=NOC(C)(C(C)(C)C)C1. The second-order valence-electron chi connectivity index (χ2n) is 4.58. The number of hydrogen-bond donors (Lipinski definition) is 0. The van der Waals surface area contributed by atoms with Crippen molar-refractivity contribution < 1.29 is 4.84 Å². The summed E-state index contributed by atoms with van der Waals surface area (Å²) in [6.45, 7) is 14.7. The molecule has 1 rings (SSSR count). The lowest BCUT2D eigenvalue weighted by molar-refractivity contribution is -0.0810. The van der Waals surface area contributed by atoms with Crippen LogP contribution < -0.4 is 0 Å². The molecule has 13 heavy (non-hydrogen) atoms. The van der Waals surface area contributed by atoms with Gasteiger partial charge in [-0.05, 0) is 13.8 Å². The van der Waals surface area contributed by atoms with Crippen molar-refractivity contribution in [2.75, 3.05) is 0 Å². The molecule has 1 aliphatic heterocycles. The summed E-state index contributed by atoms with van der Waals surface area (Å²) in [6.07, 6.45) is 0.955. The average molecular weight is 185 g/mol. The molecule has 1 aliphatic rings. The predicted octanol–water partition coefficient (Wildman–Crippen LogP) is 3.61. The minimum atomic E-state index is -0.100. The highest BCUT2D eigenvalue weighted by atomic mass is 16.7. The topological polar surface area (TPSA) is 21.6 Å². The molecular weight excluding hydrogens is 162 g/mol. The van der Waals surface area contributed by atoms with E-state index in [4.69, 9.17) is 4.84 Å². The second kappa shape index (κ2) is 4.12. The normalized spacial score (nSPS) is 27.2. The van der Waals surface area contributed by atoms with Crippen LogP contribution in [0.1, 0.15) is 54.9 Å². The van der Waals surface area contributed by atoms with Gasteiger partial charge in [-0.15, -0.1) is 0 Å². The predicted molar refractivity (Wildman–Crippen MR) is 58.0 cm³/mol. The van der Waals surface area contributed by atoms with Crippen LogP contribution in [0.4, 0.5) is 0 Å². The molecule has 1 atom stereocenters. The molecule has 78 valence electrons. The molecule has 0 saturated heterocycles. The Morgan fingerprint density at radius 2 is 1.77 bits per heavy atom. The highest BCUT2D eigenvalue weighted by molar-refractivity contribution is 5.83. The van der Waals surface area contributed by atoms with Gasteiger partial charge in [-0.3, -0.25) is 0 Å². The number of nitrogens with zero attached hydrogens (tertiary/aromatic N) is 1. The Morgan fingerprint density at radius 1 is 1.31 bits per heavy atom. The van der Waals surface area contributed by atoms with Crippen molar-refractivity contribution >= 4 is 5.71 Å². The number of hydrogen-bond acceptors (Lipinski definition) is 2. The van der Waals surface area contributed by atoms with Crippen LogP contribution in [0.3, 0.4) is 0 Å². The van der Waals surface area contributed by atoms with Gasteiger partial charge >= 0.3 is 0 Å². The van der Waals surface area contributed by atoms with Gasteiger partial charge in [-0.2, -0.15) is 0 Å². The van der Waals surface area contributed by atoms with Crippen molar-refractivity contribution in [1.82, 2.24) is 0 Å². The van der Waals surface area contributed by atoms with E-state index in [1.807, 2.05) is 20.8 Å². The zero-order chi connectivity index (χ0) is 10.7. The lowest BCUT2D eigenvalue weighted by atomic mass is 9.75. The van der Waals surface area contributed by atoms with Gasteiger partial charge < -0.3 is 4.84 Å². The van der Waals surface area contributed by atoms with Crippen LogP contribution >= 0.6 is 0 Å². The Hall–Kier alpha value is -0.530. The van der Waals surface area contributed by atoms with E-state index in [2.05, 4.69) is 32.9 Å². The molecule has 1 heterocycles. The zero-order valence-electron chi connectivity index (χ0n) is 10.1. The maximum Gasteiger partial charge on any atom is 0.145 e. The Morgan fingerprint density at radius 3 is 1.92 bits per heavy atom. The van der Waals surface area contributed by atoms with E-state index in [0.29, 0.717) is 0 Å². The standard InChI is InChI=1S/C9H17NO.C2H6/c1-7-6-9(5,11-10-7)8(2,3)4;1-2/h6H2,1-5H3;1-2H3. The molecule has 2 nitrogen and oxygen atoms in total. The largest absolute Gasteiger partial charge is 0.389 e. The number of oxime groups is 1. The number of rotatable bonds is 0. The molecular formula is C11H23NO. The maximum absolute atomic E-state index is 5.41. The zero-order valence-corrected chi connectivity index (χ0v) is 10.1.